The fourth-order valence-electron chi connectivity index (χ4n) is 2.33. The number of methoxy groups -OCH3 is 4. The third kappa shape index (κ3) is 4.86. The Morgan fingerprint density at radius 1 is 0.893 bits per heavy atom. The van der Waals surface area contributed by atoms with Gasteiger partial charge < -0.3 is 29.6 Å². The van der Waals surface area contributed by atoms with Crippen LogP contribution in [-0.4, -0.2) is 34.3 Å². The topological polar surface area (TPSA) is 102 Å². The summed E-state index contributed by atoms with van der Waals surface area (Å²) in [5.74, 6) is 1.50. The number of carbonyl (C=O) groups excluding carboxylic acids is 1. The summed E-state index contributed by atoms with van der Waals surface area (Å²) in [5.41, 5.74) is 0.781. The van der Waals surface area contributed by atoms with Gasteiger partial charge in [0.05, 0.1) is 39.8 Å². The minimum atomic E-state index is -0.608. The van der Waals surface area contributed by atoms with Crippen molar-refractivity contribution >= 4 is 17.3 Å². The fraction of sp³-hybridized carbons (Fsp3) is 0.200. The monoisotopic (exact) mass is 383 g/mol. The second kappa shape index (κ2) is 9.73. The number of ether oxygens (including phenoxy) is 4. The lowest BCUT2D eigenvalue weighted by atomic mass is 10.2. The molecule has 0 fully saturated rings. The van der Waals surface area contributed by atoms with Crippen LogP contribution in [0.1, 0.15) is 0 Å². The first-order chi connectivity index (χ1) is 13.6. The molecule has 0 bridgehead atoms. The van der Waals surface area contributed by atoms with Crippen molar-refractivity contribution in [3.8, 4) is 29.1 Å². The molecule has 0 aliphatic heterocycles. The van der Waals surface area contributed by atoms with Gasteiger partial charge in [0.25, 0.3) is 5.91 Å². The van der Waals surface area contributed by atoms with Gasteiger partial charge >= 0.3 is 0 Å². The number of hydrogen-bond acceptors (Lipinski definition) is 7. The molecule has 2 aromatic rings. The summed E-state index contributed by atoms with van der Waals surface area (Å²) in [6.45, 7) is 0. The summed E-state index contributed by atoms with van der Waals surface area (Å²) in [5, 5.41) is 14.9. The number of nitriles is 1. The van der Waals surface area contributed by atoms with Crippen LogP contribution in [0, 0.1) is 11.3 Å². The van der Waals surface area contributed by atoms with E-state index in [9.17, 15) is 10.1 Å². The molecule has 0 saturated heterocycles. The van der Waals surface area contributed by atoms with Crippen LogP contribution >= 0.6 is 0 Å². The van der Waals surface area contributed by atoms with Gasteiger partial charge in [-0.3, -0.25) is 4.79 Å². The van der Waals surface area contributed by atoms with Gasteiger partial charge in [0.1, 0.15) is 34.6 Å². The van der Waals surface area contributed by atoms with E-state index in [1.807, 2.05) is 6.07 Å². The minimum Gasteiger partial charge on any atom is -0.497 e. The van der Waals surface area contributed by atoms with Crippen molar-refractivity contribution in [1.82, 2.24) is 0 Å². The molecule has 2 aromatic carbocycles. The molecule has 28 heavy (non-hydrogen) atoms. The fourth-order valence-corrected chi connectivity index (χ4v) is 2.33. The van der Waals surface area contributed by atoms with E-state index in [4.69, 9.17) is 18.9 Å². The molecular formula is C20H21N3O5. The van der Waals surface area contributed by atoms with E-state index in [1.54, 1.807) is 36.4 Å². The van der Waals surface area contributed by atoms with Gasteiger partial charge in [-0.1, -0.05) is 0 Å². The molecule has 0 radical (unpaired) electrons. The lowest BCUT2D eigenvalue weighted by Gasteiger charge is -2.12. The predicted molar refractivity (Wildman–Crippen MR) is 105 cm³/mol. The van der Waals surface area contributed by atoms with Crippen LogP contribution < -0.4 is 29.6 Å². The molecular weight excluding hydrogens is 362 g/mol. The van der Waals surface area contributed by atoms with Gasteiger partial charge in [-0.2, -0.15) is 5.26 Å². The number of nitrogens with one attached hydrogen (secondary N) is 2. The van der Waals surface area contributed by atoms with Crippen LogP contribution in [0.3, 0.4) is 0 Å². The maximum absolute atomic E-state index is 12.5. The van der Waals surface area contributed by atoms with Crippen molar-refractivity contribution in [2.45, 2.75) is 0 Å². The van der Waals surface area contributed by atoms with Gasteiger partial charge in [0.2, 0.25) is 0 Å². The number of hydrogen-bond donors (Lipinski definition) is 2. The Labute approximate surface area is 163 Å². The summed E-state index contributed by atoms with van der Waals surface area (Å²) in [6, 6.07) is 12.0. The first-order valence-corrected chi connectivity index (χ1v) is 8.18. The van der Waals surface area contributed by atoms with E-state index in [2.05, 4.69) is 10.6 Å². The number of rotatable bonds is 8. The van der Waals surface area contributed by atoms with Gasteiger partial charge in [-0.25, -0.2) is 0 Å². The molecule has 1 amide bonds. The highest BCUT2D eigenvalue weighted by Gasteiger charge is 2.14. The Morgan fingerprint density at radius 2 is 1.43 bits per heavy atom. The zero-order chi connectivity index (χ0) is 20.5. The van der Waals surface area contributed by atoms with E-state index >= 15 is 0 Å². The van der Waals surface area contributed by atoms with Crippen molar-refractivity contribution in [3.63, 3.8) is 0 Å². The minimum absolute atomic E-state index is 0.144. The number of anilines is 2. The second-order valence-electron chi connectivity index (χ2n) is 5.40. The van der Waals surface area contributed by atoms with Crippen LogP contribution in [0.4, 0.5) is 11.4 Å². The Balaban J connectivity index is 2.24. The zero-order valence-corrected chi connectivity index (χ0v) is 16.0. The Bertz CT molecular complexity index is 919. The van der Waals surface area contributed by atoms with Crippen LogP contribution in [0.25, 0.3) is 0 Å². The molecule has 0 atom stereocenters. The Kier molecular flexibility index (Phi) is 7.11. The molecule has 8 nitrogen and oxygen atoms in total. The Morgan fingerprint density at radius 3 is 1.93 bits per heavy atom. The van der Waals surface area contributed by atoms with E-state index in [-0.39, 0.29) is 5.57 Å². The maximum atomic E-state index is 12.5. The van der Waals surface area contributed by atoms with Crippen molar-refractivity contribution in [1.29, 1.82) is 5.26 Å². The van der Waals surface area contributed by atoms with E-state index in [1.165, 1.54) is 34.6 Å². The van der Waals surface area contributed by atoms with Gasteiger partial charge in [-0.05, 0) is 24.3 Å². The van der Waals surface area contributed by atoms with Crippen LogP contribution in [0.5, 0.6) is 23.0 Å². The molecule has 8 heteroatoms. The molecule has 0 saturated carbocycles. The summed E-state index contributed by atoms with van der Waals surface area (Å²) >= 11 is 0. The number of carbonyl (C=O) groups is 1. The summed E-state index contributed by atoms with van der Waals surface area (Å²) in [7, 11) is 6.05. The van der Waals surface area contributed by atoms with E-state index < -0.39 is 5.91 Å². The van der Waals surface area contributed by atoms with Crippen molar-refractivity contribution in [3.05, 3.63) is 48.2 Å². The van der Waals surface area contributed by atoms with Crippen LogP contribution in [-0.2, 0) is 4.79 Å². The predicted octanol–water partition coefficient (Wildman–Crippen LogP) is 3.18. The number of benzene rings is 2. The summed E-state index contributed by atoms with van der Waals surface area (Å²) in [6.07, 6.45) is 1.29. The largest absolute Gasteiger partial charge is 0.497 e. The highest BCUT2D eigenvalue weighted by molar-refractivity contribution is 6.07. The molecule has 0 aliphatic carbocycles. The quantitative estimate of drug-likeness (QED) is 0.533. The molecule has 0 aromatic heterocycles. The van der Waals surface area contributed by atoms with Gasteiger partial charge in [0.15, 0.2) is 0 Å². The summed E-state index contributed by atoms with van der Waals surface area (Å²) in [4.78, 5) is 12.5. The molecule has 0 spiro atoms. The summed E-state index contributed by atoms with van der Waals surface area (Å²) < 4.78 is 20.8. The van der Waals surface area contributed by atoms with Gasteiger partial charge in [-0.15, -0.1) is 0 Å². The highest BCUT2D eigenvalue weighted by Crippen LogP contribution is 2.30. The van der Waals surface area contributed by atoms with Crippen molar-refractivity contribution in [2.75, 3.05) is 39.1 Å². The molecule has 0 heterocycles. The molecule has 2 rings (SSSR count). The average molecular weight is 383 g/mol. The standard InChI is InChI=1S/C20H21N3O5/c1-25-14-5-7-18(27-3)16(9-14)22-12-13(11-21)20(24)23-17-10-15(26-2)6-8-19(17)28-4/h5-10,12,22H,1-4H3,(H,23,24)/b13-12-. The second-order valence-corrected chi connectivity index (χ2v) is 5.40. The lowest BCUT2D eigenvalue weighted by Crippen LogP contribution is -2.15. The third-order valence-electron chi connectivity index (χ3n) is 3.80. The van der Waals surface area contributed by atoms with Crippen molar-refractivity contribution in [2.24, 2.45) is 0 Å². The van der Waals surface area contributed by atoms with E-state index in [0.717, 1.165) is 0 Å². The molecule has 0 aliphatic rings. The van der Waals surface area contributed by atoms with Crippen LogP contribution in [0.2, 0.25) is 0 Å². The zero-order valence-electron chi connectivity index (χ0n) is 16.0. The number of amides is 1. The number of nitrogens with zero attached hydrogens (tertiary/aromatic N) is 1. The third-order valence-corrected chi connectivity index (χ3v) is 3.80. The van der Waals surface area contributed by atoms with Crippen LogP contribution in [0.15, 0.2) is 48.2 Å². The first kappa shape index (κ1) is 20.5. The van der Waals surface area contributed by atoms with Crippen molar-refractivity contribution < 1.29 is 23.7 Å². The molecule has 0 unspecified atom stereocenters. The lowest BCUT2D eigenvalue weighted by molar-refractivity contribution is -0.112. The smallest absolute Gasteiger partial charge is 0.267 e. The first-order valence-electron chi connectivity index (χ1n) is 8.18. The normalized spacial score (nSPS) is 10.5. The molecule has 146 valence electrons. The maximum Gasteiger partial charge on any atom is 0.267 e. The average Bonchev–Trinajstić information content (AvgIpc) is 2.73. The van der Waals surface area contributed by atoms with E-state index in [0.29, 0.717) is 34.4 Å². The highest BCUT2D eigenvalue weighted by atomic mass is 16.5. The Hall–Kier alpha value is -3.86. The van der Waals surface area contributed by atoms with Gasteiger partial charge in [0, 0.05) is 18.3 Å². The molecule has 2 N–H and O–H groups in total. The SMILES string of the molecule is COc1ccc(OC)c(N/C=C(/C#N)C(=O)Nc2cc(OC)ccc2OC)c1.